The van der Waals surface area contributed by atoms with E-state index in [2.05, 4.69) is 0 Å². The number of aliphatic hydroxyl groups excluding tert-OH is 2. The molecule has 60 heavy (non-hydrogen) atoms. The molecule has 0 aromatic heterocycles. The molecule has 0 amide bonds. The predicted molar refractivity (Wildman–Crippen MR) is 233 cm³/mol. The van der Waals surface area contributed by atoms with Crippen LogP contribution >= 0.6 is 0 Å². The molecule has 0 heterocycles. The molecule has 0 radical (unpaired) electrons. The van der Waals surface area contributed by atoms with Gasteiger partial charge in [-0.25, -0.2) is 9.59 Å². The van der Waals surface area contributed by atoms with Gasteiger partial charge in [-0.15, -0.1) is 0 Å². The number of unbranched alkanes of at least 4 members (excludes halogenated alkanes) is 1. The largest absolute Gasteiger partial charge is 0.459 e. The fourth-order valence-corrected chi connectivity index (χ4v) is 5.93. The van der Waals surface area contributed by atoms with Gasteiger partial charge in [0.1, 0.15) is 25.4 Å². The molecule has 0 aliphatic carbocycles. The van der Waals surface area contributed by atoms with Gasteiger partial charge in [-0.1, -0.05) is 0 Å². The van der Waals surface area contributed by atoms with Crippen LogP contribution < -0.4 is 19.6 Å². The molecule has 14 heteroatoms. The molecule has 4 rings (SSSR count). The lowest BCUT2D eigenvalue weighted by molar-refractivity contribution is -0.0183. The minimum absolute atomic E-state index is 0.0759. The van der Waals surface area contributed by atoms with Gasteiger partial charge in [-0.05, 0) is 97.8 Å². The van der Waals surface area contributed by atoms with Gasteiger partial charge in [0.25, 0.3) is 0 Å². The Hall–Kier alpha value is -5.80. The number of benzene rings is 4. The summed E-state index contributed by atoms with van der Waals surface area (Å²) < 4.78 is 21.9. The summed E-state index contributed by atoms with van der Waals surface area (Å²) >= 11 is 0. The number of esters is 2. The maximum absolute atomic E-state index is 13.4. The molecule has 2 N–H and O–H groups in total. The lowest BCUT2D eigenvalue weighted by Gasteiger charge is -2.17. The van der Waals surface area contributed by atoms with Gasteiger partial charge in [-0.2, -0.15) is 0 Å². The third kappa shape index (κ3) is 13.4. The fraction of sp³-hybridized carbons (Fsp3) is 0.391. The van der Waals surface area contributed by atoms with Gasteiger partial charge >= 0.3 is 11.9 Å². The van der Waals surface area contributed by atoms with Crippen molar-refractivity contribution in [3.05, 3.63) is 118 Å². The van der Waals surface area contributed by atoms with Crippen molar-refractivity contribution in [3.63, 3.8) is 0 Å². The standard InChI is InChI=1S/C46H58N4O10/c1-47(2)33-15-11-31(12-16-33)43(53)39-21-19-35(49(5)6)25-41(39)45(55)59-29-37(51)27-57-23-9-10-24-58-28-38(52)30-60-46(56)42-26-36(50(7)8)20-22-40(42)44(54)32-13-17-34(18-14-32)48(3)4/h11-22,25-26,37-38,51-52H,9-10,23-24,27-30H2,1-8H3. The van der Waals surface area contributed by atoms with E-state index in [0.29, 0.717) is 48.6 Å². The summed E-state index contributed by atoms with van der Waals surface area (Å²) in [6, 6.07) is 24.1. The van der Waals surface area contributed by atoms with Crippen molar-refractivity contribution in [2.24, 2.45) is 0 Å². The van der Waals surface area contributed by atoms with Gasteiger partial charge < -0.3 is 48.8 Å². The first kappa shape index (κ1) is 46.9. The first-order chi connectivity index (χ1) is 28.6. The number of anilines is 4. The molecule has 0 saturated carbocycles. The molecule has 4 aromatic rings. The molecule has 0 saturated heterocycles. The highest BCUT2D eigenvalue weighted by atomic mass is 16.6. The van der Waals surface area contributed by atoms with Crippen LogP contribution in [0.3, 0.4) is 0 Å². The molecule has 4 aromatic carbocycles. The maximum atomic E-state index is 13.4. The average molecular weight is 827 g/mol. The Morgan fingerprint density at radius 1 is 0.450 bits per heavy atom. The second-order valence-electron chi connectivity index (χ2n) is 15.2. The van der Waals surface area contributed by atoms with Gasteiger partial charge in [0, 0.05) is 115 Å². The van der Waals surface area contributed by atoms with Gasteiger partial charge in [-0.3, -0.25) is 9.59 Å². The number of ketones is 2. The second kappa shape index (κ2) is 22.5. The molecule has 14 nitrogen and oxygen atoms in total. The maximum Gasteiger partial charge on any atom is 0.339 e. The minimum atomic E-state index is -1.09. The van der Waals surface area contributed by atoms with E-state index in [1.165, 1.54) is 0 Å². The number of carbonyl (C=O) groups is 4. The van der Waals surface area contributed by atoms with Crippen molar-refractivity contribution >= 4 is 46.3 Å². The lowest BCUT2D eigenvalue weighted by atomic mass is 9.97. The number of nitrogens with zero attached hydrogens (tertiary/aromatic N) is 4. The van der Waals surface area contributed by atoms with Crippen molar-refractivity contribution < 1.29 is 48.3 Å². The summed E-state index contributed by atoms with van der Waals surface area (Å²) in [7, 11) is 14.9. The van der Waals surface area contributed by atoms with Crippen molar-refractivity contribution in [1.29, 1.82) is 0 Å². The van der Waals surface area contributed by atoms with Crippen molar-refractivity contribution in [3.8, 4) is 0 Å². The van der Waals surface area contributed by atoms with Crippen LogP contribution in [0.15, 0.2) is 84.9 Å². The Bertz CT molecular complexity index is 1900. The van der Waals surface area contributed by atoms with E-state index in [1.54, 1.807) is 60.7 Å². The Morgan fingerprint density at radius 3 is 1.08 bits per heavy atom. The Morgan fingerprint density at radius 2 is 0.767 bits per heavy atom. The van der Waals surface area contributed by atoms with Crippen molar-refractivity contribution in [2.75, 3.05) is 116 Å². The molecular formula is C46H58N4O10. The summed E-state index contributed by atoms with van der Waals surface area (Å²) in [6.45, 7) is -0.202. The van der Waals surface area contributed by atoms with Crippen LogP contribution in [-0.2, 0) is 18.9 Å². The number of aliphatic hydroxyl groups is 2. The average Bonchev–Trinajstić information content (AvgIpc) is 3.24. The third-order valence-electron chi connectivity index (χ3n) is 9.52. The summed E-state index contributed by atoms with van der Waals surface area (Å²) in [5, 5.41) is 20.9. The van der Waals surface area contributed by atoms with E-state index in [0.717, 1.165) is 11.4 Å². The first-order valence-corrected chi connectivity index (χ1v) is 19.7. The predicted octanol–water partition coefficient (Wildman–Crippen LogP) is 4.96. The van der Waals surface area contributed by atoms with E-state index in [9.17, 15) is 29.4 Å². The monoisotopic (exact) mass is 826 g/mol. The number of rotatable bonds is 23. The van der Waals surface area contributed by atoms with E-state index < -0.39 is 24.1 Å². The number of carbonyl (C=O) groups excluding carboxylic acids is 4. The summed E-state index contributed by atoms with van der Waals surface area (Å²) in [4.78, 5) is 60.8. The quantitative estimate of drug-likeness (QED) is 0.0587. The van der Waals surface area contributed by atoms with E-state index in [4.69, 9.17) is 18.9 Å². The highest BCUT2D eigenvalue weighted by Gasteiger charge is 2.24. The molecule has 0 spiro atoms. The van der Waals surface area contributed by atoms with Gasteiger partial charge in [0.05, 0.1) is 24.3 Å². The molecule has 322 valence electrons. The molecule has 0 bridgehead atoms. The lowest BCUT2D eigenvalue weighted by Crippen LogP contribution is -2.25. The number of ether oxygens (including phenoxy) is 4. The minimum Gasteiger partial charge on any atom is -0.459 e. The van der Waals surface area contributed by atoms with E-state index >= 15 is 0 Å². The molecule has 0 aliphatic rings. The van der Waals surface area contributed by atoms with Crippen LogP contribution in [0.1, 0.15) is 65.4 Å². The zero-order chi connectivity index (χ0) is 43.9. The Labute approximate surface area is 352 Å². The third-order valence-corrected chi connectivity index (χ3v) is 9.52. The van der Waals surface area contributed by atoms with Crippen LogP contribution in [-0.4, -0.2) is 142 Å². The highest BCUT2D eigenvalue weighted by molar-refractivity contribution is 6.16. The van der Waals surface area contributed by atoms with Gasteiger partial charge in [0.15, 0.2) is 11.6 Å². The number of hydrogen-bond donors (Lipinski definition) is 2. The summed E-state index contributed by atoms with van der Waals surface area (Å²) in [6.07, 6.45) is -1.00. The normalized spacial score (nSPS) is 12.0. The van der Waals surface area contributed by atoms with Crippen molar-refractivity contribution in [1.82, 2.24) is 0 Å². The Kier molecular flexibility index (Phi) is 17.6. The number of hydrogen-bond acceptors (Lipinski definition) is 14. The van der Waals surface area contributed by atoms with Crippen LogP contribution in [0.4, 0.5) is 22.7 Å². The SMILES string of the molecule is CN(C)c1ccc(C(=O)c2ccc(N(C)C)cc2C(=O)OCC(O)COCCCCOCC(O)COC(=O)c2cc(N(C)C)ccc2C(=O)c2ccc(N(C)C)cc2)cc1. The second-order valence-corrected chi connectivity index (χ2v) is 15.2. The van der Waals surface area contributed by atoms with E-state index in [1.807, 2.05) is 100 Å². The highest BCUT2D eigenvalue weighted by Crippen LogP contribution is 2.25. The zero-order valence-electron chi connectivity index (χ0n) is 35.8. The van der Waals surface area contributed by atoms with Gasteiger partial charge in [0.2, 0.25) is 0 Å². The molecule has 2 unspecified atom stereocenters. The smallest absolute Gasteiger partial charge is 0.339 e. The Balaban J connectivity index is 1.16. The van der Waals surface area contributed by atoms with Crippen molar-refractivity contribution in [2.45, 2.75) is 25.0 Å². The fourth-order valence-electron chi connectivity index (χ4n) is 5.93. The summed E-state index contributed by atoms with van der Waals surface area (Å²) in [5.74, 6) is -2.12. The van der Waals surface area contributed by atoms with Crippen LogP contribution in [0.2, 0.25) is 0 Å². The molecule has 2 atom stereocenters. The molecular weight excluding hydrogens is 769 g/mol. The van der Waals surface area contributed by atoms with E-state index in [-0.39, 0.29) is 60.2 Å². The first-order valence-electron chi connectivity index (χ1n) is 19.7. The molecule has 0 fully saturated rings. The van der Waals surface area contributed by atoms with Crippen LogP contribution in [0.25, 0.3) is 0 Å². The van der Waals surface area contributed by atoms with Crippen LogP contribution in [0.5, 0.6) is 0 Å². The summed E-state index contributed by atoms with van der Waals surface area (Å²) in [5.41, 5.74) is 4.72. The topological polar surface area (TPSA) is 159 Å². The van der Waals surface area contributed by atoms with Crippen LogP contribution in [0, 0.1) is 0 Å². The zero-order valence-corrected chi connectivity index (χ0v) is 35.8. The molecule has 0 aliphatic heterocycles.